The molecule has 0 radical (unpaired) electrons. The van der Waals surface area contributed by atoms with Crippen molar-refractivity contribution in [3.8, 4) is 0 Å². The Morgan fingerprint density at radius 1 is 1.33 bits per heavy atom. The van der Waals surface area contributed by atoms with Crippen molar-refractivity contribution in [2.75, 3.05) is 6.54 Å². The molecule has 0 unspecified atom stereocenters. The molecule has 2 aromatic rings. The third-order valence-electron chi connectivity index (χ3n) is 3.40. The summed E-state index contributed by atoms with van der Waals surface area (Å²) in [5, 5.41) is 7.78. The van der Waals surface area contributed by atoms with Crippen molar-refractivity contribution in [3.05, 3.63) is 51.5 Å². The smallest absolute Gasteiger partial charge is 0.128 e. The molecule has 1 aromatic carbocycles. The second-order valence-corrected chi connectivity index (χ2v) is 6.59. The summed E-state index contributed by atoms with van der Waals surface area (Å²) in [5.74, 6) is 0.420. The third kappa shape index (κ3) is 4.38. The molecule has 0 bridgehead atoms. The van der Waals surface area contributed by atoms with E-state index in [2.05, 4.69) is 40.2 Å². The van der Waals surface area contributed by atoms with E-state index in [1.54, 1.807) is 12.1 Å². The van der Waals surface area contributed by atoms with E-state index in [4.69, 9.17) is 0 Å². The van der Waals surface area contributed by atoms with Gasteiger partial charge in [0.25, 0.3) is 0 Å². The van der Waals surface area contributed by atoms with E-state index in [0.717, 1.165) is 28.8 Å². The van der Waals surface area contributed by atoms with Crippen LogP contribution < -0.4 is 5.32 Å². The van der Waals surface area contributed by atoms with Crippen molar-refractivity contribution in [3.63, 3.8) is 0 Å². The van der Waals surface area contributed by atoms with E-state index in [1.807, 2.05) is 17.8 Å². The summed E-state index contributed by atoms with van der Waals surface area (Å²) in [6, 6.07) is 4.98. The van der Waals surface area contributed by atoms with E-state index >= 15 is 0 Å². The molecule has 2 rings (SSSR count). The zero-order valence-corrected chi connectivity index (χ0v) is 14.2. The Bertz CT molecular complexity index is 608. The van der Waals surface area contributed by atoms with Crippen molar-refractivity contribution < 1.29 is 4.39 Å². The molecule has 21 heavy (non-hydrogen) atoms. The summed E-state index contributed by atoms with van der Waals surface area (Å²) in [6.45, 7) is 8.60. The minimum absolute atomic E-state index is 0.201. The minimum atomic E-state index is -0.201. The van der Waals surface area contributed by atoms with Crippen LogP contribution in [0.3, 0.4) is 0 Å². The molecule has 1 aromatic heterocycles. The highest BCUT2D eigenvalue weighted by molar-refractivity contribution is 9.10. The molecule has 114 valence electrons. The summed E-state index contributed by atoms with van der Waals surface area (Å²) in [5.41, 5.74) is 2.87. The topological polar surface area (TPSA) is 29.9 Å². The lowest BCUT2D eigenvalue weighted by molar-refractivity contribution is 0.550. The monoisotopic (exact) mass is 353 g/mol. The number of aromatic nitrogens is 2. The molecule has 0 atom stereocenters. The lowest BCUT2D eigenvalue weighted by atomic mass is 10.2. The van der Waals surface area contributed by atoms with Gasteiger partial charge in [-0.2, -0.15) is 5.10 Å². The fourth-order valence-corrected chi connectivity index (χ4v) is 2.55. The van der Waals surface area contributed by atoms with E-state index in [-0.39, 0.29) is 5.82 Å². The zero-order valence-electron chi connectivity index (χ0n) is 12.7. The Labute approximate surface area is 133 Å². The van der Waals surface area contributed by atoms with Crippen molar-refractivity contribution in [1.29, 1.82) is 0 Å². The third-order valence-corrected chi connectivity index (χ3v) is 3.89. The lowest BCUT2D eigenvalue weighted by Crippen LogP contribution is -2.19. The second kappa shape index (κ2) is 7.18. The molecule has 3 nitrogen and oxygen atoms in total. The van der Waals surface area contributed by atoms with Crippen molar-refractivity contribution >= 4 is 15.9 Å². The molecular formula is C16H21BrFN3. The average Bonchev–Trinajstić information content (AvgIpc) is 2.75. The van der Waals surface area contributed by atoms with Crippen LogP contribution in [0.5, 0.6) is 0 Å². The molecule has 0 spiro atoms. The van der Waals surface area contributed by atoms with Gasteiger partial charge in [-0.05, 0) is 37.6 Å². The molecule has 1 N–H and O–H groups in total. The van der Waals surface area contributed by atoms with E-state index in [1.165, 1.54) is 6.07 Å². The SMILES string of the molecule is Cc1c(CNCC(C)C)cnn1Cc1cc(Br)ccc1F. The number of hydrogen-bond donors (Lipinski definition) is 1. The molecule has 0 aliphatic carbocycles. The van der Waals surface area contributed by atoms with Crippen LogP contribution in [0.25, 0.3) is 0 Å². The van der Waals surface area contributed by atoms with Crippen LogP contribution in [0.15, 0.2) is 28.9 Å². The number of rotatable bonds is 6. The predicted molar refractivity (Wildman–Crippen MR) is 86.7 cm³/mol. The molecule has 0 saturated carbocycles. The molecule has 0 saturated heterocycles. The van der Waals surface area contributed by atoms with Gasteiger partial charge in [0.2, 0.25) is 0 Å². The van der Waals surface area contributed by atoms with Gasteiger partial charge >= 0.3 is 0 Å². The first-order chi connectivity index (χ1) is 9.97. The first kappa shape index (κ1) is 16.2. The van der Waals surface area contributed by atoms with Gasteiger partial charge in [-0.15, -0.1) is 0 Å². The molecule has 0 aliphatic rings. The number of halogens is 2. The minimum Gasteiger partial charge on any atom is -0.312 e. The van der Waals surface area contributed by atoms with Crippen molar-refractivity contribution in [2.24, 2.45) is 5.92 Å². The Morgan fingerprint density at radius 2 is 2.10 bits per heavy atom. The van der Waals surface area contributed by atoms with Crippen LogP contribution in [-0.2, 0) is 13.1 Å². The Hall–Kier alpha value is -1.20. The summed E-state index contributed by atoms with van der Waals surface area (Å²) in [6.07, 6.45) is 1.86. The fraction of sp³-hybridized carbons (Fsp3) is 0.438. The maximum atomic E-state index is 13.8. The van der Waals surface area contributed by atoms with Crippen LogP contribution in [0.2, 0.25) is 0 Å². The fourth-order valence-electron chi connectivity index (χ4n) is 2.14. The largest absolute Gasteiger partial charge is 0.312 e. The van der Waals surface area contributed by atoms with E-state index in [9.17, 15) is 4.39 Å². The average molecular weight is 354 g/mol. The molecule has 5 heteroatoms. The number of nitrogens with one attached hydrogen (secondary N) is 1. The Morgan fingerprint density at radius 3 is 2.81 bits per heavy atom. The predicted octanol–water partition coefficient (Wildman–Crippen LogP) is 3.89. The van der Waals surface area contributed by atoms with Crippen molar-refractivity contribution in [2.45, 2.75) is 33.9 Å². The van der Waals surface area contributed by atoms with Gasteiger partial charge in [0.1, 0.15) is 5.82 Å². The standard InChI is InChI=1S/C16H21BrFN3/c1-11(2)7-19-8-14-9-20-21(12(14)3)10-13-6-15(17)4-5-16(13)18/h4-6,9,11,19H,7-8,10H2,1-3H3. The summed E-state index contributed by atoms with van der Waals surface area (Å²) in [4.78, 5) is 0. The van der Waals surface area contributed by atoms with E-state index in [0.29, 0.717) is 18.0 Å². The lowest BCUT2D eigenvalue weighted by Gasteiger charge is -2.09. The number of nitrogens with zero attached hydrogens (tertiary/aromatic N) is 2. The quantitative estimate of drug-likeness (QED) is 0.853. The Balaban J connectivity index is 2.08. The molecule has 0 fully saturated rings. The normalized spacial score (nSPS) is 11.3. The maximum Gasteiger partial charge on any atom is 0.128 e. The summed E-state index contributed by atoms with van der Waals surface area (Å²) < 4.78 is 16.5. The van der Waals surface area contributed by atoms with E-state index < -0.39 is 0 Å². The maximum absolute atomic E-state index is 13.8. The molecule has 0 aliphatic heterocycles. The van der Waals surface area contributed by atoms with Crippen LogP contribution in [-0.4, -0.2) is 16.3 Å². The first-order valence-electron chi connectivity index (χ1n) is 7.13. The van der Waals surface area contributed by atoms with Crippen LogP contribution in [0.1, 0.15) is 30.7 Å². The summed E-state index contributed by atoms with van der Waals surface area (Å²) >= 11 is 3.37. The number of benzene rings is 1. The highest BCUT2D eigenvalue weighted by Crippen LogP contribution is 2.18. The Kier molecular flexibility index (Phi) is 5.53. The molecular weight excluding hydrogens is 333 g/mol. The van der Waals surface area contributed by atoms with Crippen LogP contribution in [0, 0.1) is 18.7 Å². The van der Waals surface area contributed by atoms with Gasteiger partial charge in [0, 0.05) is 27.8 Å². The van der Waals surface area contributed by atoms with Gasteiger partial charge in [0.05, 0.1) is 12.7 Å². The van der Waals surface area contributed by atoms with Gasteiger partial charge in [-0.1, -0.05) is 29.8 Å². The first-order valence-corrected chi connectivity index (χ1v) is 7.92. The van der Waals surface area contributed by atoms with Crippen molar-refractivity contribution in [1.82, 2.24) is 15.1 Å². The summed E-state index contributed by atoms with van der Waals surface area (Å²) in [7, 11) is 0. The number of hydrogen-bond acceptors (Lipinski definition) is 2. The second-order valence-electron chi connectivity index (χ2n) is 5.67. The highest BCUT2D eigenvalue weighted by atomic mass is 79.9. The van der Waals surface area contributed by atoms with Gasteiger partial charge in [0.15, 0.2) is 0 Å². The van der Waals surface area contributed by atoms with Crippen LogP contribution >= 0.6 is 15.9 Å². The van der Waals surface area contributed by atoms with Gasteiger partial charge < -0.3 is 5.32 Å². The highest BCUT2D eigenvalue weighted by Gasteiger charge is 2.09. The van der Waals surface area contributed by atoms with Gasteiger partial charge in [-0.25, -0.2) is 4.39 Å². The van der Waals surface area contributed by atoms with Gasteiger partial charge in [-0.3, -0.25) is 4.68 Å². The molecule has 0 amide bonds. The molecule has 1 heterocycles. The van der Waals surface area contributed by atoms with Crippen LogP contribution in [0.4, 0.5) is 4.39 Å². The zero-order chi connectivity index (χ0) is 15.4.